The van der Waals surface area contributed by atoms with Gasteiger partial charge in [0.15, 0.2) is 11.3 Å². The van der Waals surface area contributed by atoms with Gasteiger partial charge in [-0.1, -0.05) is 30.3 Å². The van der Waals surface area contributed by atoms with E-state index in [1.807, 2.05) is 31.2 Å². The number of carbonyl (C=O) groups is 1. The predicted molar refractivity (Wildman–Crippen MR) is 115 cm³/mol. The third kappa shape index (κ3) is 4.16. The van der Waals surface area contributed by atoms with Gasteiger partial charge in [-0.25, -0.2) is 9.37 Å². The van der Waals surface area contributed by atoms with Crippen LogP contribution in [0.1, 0.15) is 22.8 Å². The number of benzene rings is 2. The number of carbonyl (C=O) groups excluding carboxylic acids is 1. The zero-order chi connectivity index (χ0) is 22.0. The summed E-state index contributed by atoms with van der Waals surface area (Å²) >= 11 is 0. The molecule has 0 atom stereocenters. The van der Waals surface area contributed by atoms with Gasteiger partial charge in [0.2, 0.25) is 5.65 Å². The molecule has 31 heavy (non-hydrogen) atoms. The Morgan fingerprint density at radius 3 is 2.58 bits per heavy atom. The van der Waals surface area contributed by atoms with Crippen LogP contribution in [-0.4, -0.2) is 44.8 Å². The quantitative estimate of drug-likeness (QED) is 0.495. The number of nitrogens with one attached hydrogen (secondary N) is 1. The summed E-state index contributed by atoms with van der Waals surface area (Å²) in [6.45, 7) is 2.64. The SMILES string of the molecule is CCN(C)C(=O)c1ccc(-c2ccc(COc3cc(N)nc4n[nH]nc34)cc2)cc1F. The van der Waals surface area contributed by atoms with Crippen LogP contribution < -0.4 is 10.5 Å². The van der Waals surface area contributed by atoms with Crippen LogP contribution in [0.3, 0.4) is 0 Å². The topological polar surface area (TPSA) is 110 Å². The first kappa shape index (κ1) is 20.3. The Hall–Kier alpha value is -4.01. The smallest absolute Gasteiger partial charge is 0.256 e. The molecule has 0 aliphatic heterocycles. The molecule has 0 aliphatic carbocycles. The minimum Gasteiger partial charge on any atom is -0.486 e. The van der Waals surface area contributed by atoms with Crippen molar-refractivity contribution in [3.8, 4) is 16.9 Å². The molecule has 9 heteroatoms. The normalized spacial score (nSPS) is 10.9. The summed E-state index contributed by atoms with van der Waals surface area (Å²) in [5.74, 6) is -0.0975. The van der Waals surface area contributed by atoms with E-state index in [4.69, 9.17) is 10.5 Å². The van der Waals surface area contributed by atoms with Gasteiger partial charge in [0.1, 0.15) is 18.2 Å². The van der Waals surface area contributed by atoms with Gasteiger partial charge < -0.3 is 15.4 Å². The van der Waals surface area contributed by atoms with Crippen molar-refractivity contribution in [2.45, 2.75) is 13.5 Å². The molecule has 2 aromatic heterocycles. The van der Waals surface area contributed by atoms with E-state index in [0.29, 0.717) is 34.8 Å². The summed E-state index contributed by atoms with van der Waals surface area (Å²) in [6, 6.07) is 13.8. The van der Waals surface area contributed by atoms with Gasteiger partial charge in [0, 0.05) is 19.7 Å². The van der Waals surface area contributed by atoms with Gasteiger partial charge in [0.25, 0.3) is 5.91 Å². The Morgan fingerprint density at radius 2 is 1.87 bits per heavy atom. The van der Waals surface area contributed by atoms with Crippen molar-refractivity contribution >= 4 is 22.9 Å². The number of hydrogen-bond acceptors (Lipinski definition) is 6. The van der Waals surface area contributed by atoms with Gasteiger partial charge in [-0.3, -0.25) is 4.79 Å². The first-order valence-electron chi connectivity index (χ1n) is 9.70. The van der Waals surface area contributed by atoms with E-state index >= 15 is 0 Å². The molecule has 158 valence electrons. The van der Waals surface area contributed by atoms with E-state index in [0.717, 1.165) is 11.1 Å². The second kappa shape index (κ2) is 8.39. The van der Waals surface area contributed by atoms with Crippen molar-refractivity contribution < 1.29 is 13.9 Å². The lowest BCUT2D eigenvalue weighted by Crippen LogP contribution is -2.27. The van der Waals surface area contributed by atoms with E-state index in [2.05, 4.69) is 20.4 Å². The summed E-state index contributed by atoms with van der Waals surface area (Å²) in [5.41, 5.74) is 9.16. The molecule has 0 fully saturated rings. The summed E-state index contributed by atoms with van der Waals surface area (Å²) in [5, 5.41) is 10.4. The van der Waals surface area contributed by atoms with Crippen LogP contribution in [0.5, 0.6) is 5.75 Å². The highest BCUT2D eigenvalue weighted by molar-refractivity contribution is 5.94. The molecule has 8 nitrogen and oxygen atoms in total. The molecule has 0 saturated heterocycles. The summed E-state index contributed by atoms with van der Waals surface area (Å²) < 4.78 is 20.3. The van der Waals surface area contributed by atoms with Crippen LogP contribution >= 0.6 is 0 Å². The van der Waals surface area contributed by atoms with E-state index < -0.39 is 5.82 Å². The van der Waals surface area contributed by atoms with Gasteiger partial charge in [-0.2, -0.15) is 10.3 Å². The molecule has 0 saturated carbocycles. The highest BCUT2D eigenvalue weighted by atomic mass is 19.1. The van der Waals surface area contributed by atoms with Crippen molar-refractivity contribution in [1.82, 2.24) is 25.3 Å². The average Bonchev–Trinajstić information content (AvgIpc) is 3.25. The number of rotatable bonds is 6. The fourth-order valence-corrected chi connectivity index (χ4v) is 3.11. The molecule has 4 aromatic rings. The van der Waals surface area contributed by atoms with Crippen LogP contribution in [0.4, 0.5) is 10.2 Å². The first-order valence-corrected chi connectivity index (χ1v) is 9.70. The van der Waals surface area contributed by atoms with Crippen LogP contribution in [0.15, 0.2) is 48.5 Å². The number of nitrogens with zero attached hydrogens (tertiary/aromatic N) is 4. The van der Waals surface area contributed by atoms with Crippen molar-refractivity contribution in [1.29, 1.82) is 0 Å². The van der Waals surface area contributed by atoms with Crippen LogP contribution in [0.2, 0.25) is 0 Å². The highest BCUT2D eigenvalue weighted by Crippen LogP contribution is 2.26. The predicted octanol–water partition coefficient (Wildman–Crippen LogP) is 3.41. The lowest BCUT2D eigenvalue weighted by atomic mass is 10.0. The number of ether oxygens (including phenoxy) is 1. The number of hydrogen-bond donors (Lipinski definition) is 2. The molecule has 3 N–H and O–H groups in total. The molecular weight excluding hydrogens is 399 g/mol. The number of fused-ring (bicyclic) bond motifs is 1. The third-order valence-corrected chi connectivity index (χ3v) is 4.98. The largest absolute Gasteiger partial charge is 0.486 e. The number of anilines is 1. The summed E-state index contributed by atoms with van der Waals surface area (Å²) in [4.78, 5) is 17.8. The molecule has 4 rings (SSSR count). The minimum atomic E-state index is -0.540. The Morgan fingerprint density at radius 1 is 1.13 bits per heavy atom. The fraction of sp³-hybridized carbons (Fsp3) is 0.182. The van der Waals surface area contributed by atoms with Crippen LogP contribution in [0.25, 0.3) is 22.3 Å². The minimum absolute atomic E-state index is 0.0638. The Labute approximate surface area is 177 Å². The number of halogens is 1. The molecule has 0 radical (unpaired) electrons. The maximum atomic E-state index is 14.5. The first-order chi connectivity index (χ1) is 15.0. The van der Waals surface area contributed by atoms with Crippen molar-refractivity contribution in [3.63, 3.8) is 0 Å². The summed E-state index contributed by atoms with van der Waals surface area (Å²) in [6.07, 6.45) is 0. The van der Waals surface area contributed by atoms with Crippen molar-refractivity contribution in [2.24, 2.45) is 0 Å². The average molecular weight is 420 g/mol. The molecule has 0 aliphatic rings. The standard InChI is InChI=1S/C22H21FN6O2/c1-3-29(2)22(30)16-9-8-15(10-17(16)23)14-6-4-13(5-7-14)12-31-18-11-19(24)25-21-20(18)26-28-27-21/h4-11H,3,12H2,1-2H3,(H3,24,25,26,27,28). The molecular formula is C22H21FN6O2. The Kier molecular flexibility index (Phi) is 5.48. The number of H-pyrrole nitrogens is 1. The second-order valence-corrected chi connectivity index (χ2v) is 7.04. The van der Waals surface area contributed by atoms with E-state index in [-0.39, 0.29) is 18.1 Å². The maximum Gasteiger partial charge on any atom is 0.256 e. The van der Waals surface area contributed by atoms with Gasteiger partial charge in [-0.05, 0) is 35.7 Å². The number of pyridine rings is 1. The number of amides is 1. The Bertz CT molecular complexity index is 1240. The van der Waals surface area contributed by atoms with Crippen molar-refractivity contribution in [3.05, 3.63) is 65.5 Å². The maximum absolute atomic E-state index is 14.5. The van der Waals surface area contributed by atoms with Crippen LogP contribution in [0, 0.1) is 5.82 Å². The van der Waals surface area contributed by atoms with Gasteiger partial charge in [0.05, 0.1) is 5.56 Å². The monoisotopic (exact) mass is 420 g/mol. The van der Waals surface area contributed by atoms with E-state index in [9.17, 15) is 9.18 Å². The fourth-order valence-electron chi connectivity index (χ4n) is 3.11. The molecule has 2 aromatic carbocycles. The molecule has 2 heterocycles. The zero-order valence-corrected chi connectivity index (χ0v) is 17.1. The van der Waals surface area contributed by atoms with Crippen molar-refractivity contribution in [2.75, 3.05) is 19.3 Å². The second-order valence-electron chi connectivity index (χ2n) is 7.04. The number of nitrogen functional groups attached to an aromatic ring is 1. The number of aromatic nitrogens is 4. The lowest BCUT2D eigenvalue weighted by Gasteiger charge is -2.15. The van der Waals surface area contributed by atoms with Gasteiger partial charge >= 0.3 is 0 Å². The summed E-state index contributed by atoms with van der Waals surface area (Å²) in [7, 11) is 1.64. The Balaban J connectivity index is 1.49. The number of nitrogens with two attached hydrogens (primary N) is 1. The number of aromatic amines is 1. The molecule has 0 spiro atoms. The highest BCUT2D eigenvalue weighted by Gasteiger charge is 2.16. The van der Waals surface area contributed by atoms with E-state index in [1.54, 1.807) is 19.2 Å². The molecule has 1 amide bonds. The lowest BCUT2D eigenvalue weighted by molar-refractivity contribution is 0.0798. The molecule has 0 unspecified atom stereocenters. The van der Waals surface area contributed by atoms with Gasteiger partial charge in [-0.15, -0.1) is 5.10 Å². The van der Waals surface area contributed by atoms with Crippen LogP contribution in [-0.2, 0) is 6.61 Å². The zero-order valence-electron chi connectivity index (χ0n) is 17.1. The van der Waals surface area contributed by atoms with E-state index in [1.165, 1.54) is 17.0 Å². The third-order valence-electron chi connectivity index (χ3n) is 4.98. The molecule has 0 bridgehead atoms.